The molecule has 1 aromatic carbocycles. The summed E-state index contributed by atoms with van der Waals surface area (Å²) in [4.78, 5) is 24.2. The van der Waals surface area contributed by atoms with Crippen LogP contribution in [0, 0.1) is 0 Å². The molecule has 2 saturated heterocycles. The lowest BCUT2D eigenvalue weighted by molar-refractivity contribution is 0.122. The van der Waals surface area contributed by atoms with E-state index in [4.69, 9.17) is 19.4 Å². The van der Waals surface area contributed by atoms with Crippen molar-refractivity contribution in [1.82, 2.24) is 33.7 Å². The van der Waals surface area contributed by atoms with Crippen molar-refractivity contribution in [3.05, 3.63) is 24.0 Å². The lowest BCUT2D eigenvalue weighted by Gasteiger charge is -2.41. The van der Waals surface area contributed by atoms with Crippen LogP contribution in [0.4, 0.5) is 20.7 Å². The topological polar surface area (TPSA) is 122 Å². The molecule has 43 heavy (non-hydrogen) atoms. The SMILES string of the molecule is COc1cccc2c1nc(C(F)F)n2-c1nc(N2CCOCC2)nc(N2CCCCC2N(CCCN(C)C)S(C)(=O)=O)n1. The maximum atomic E-state index is 14.5. The third-order valence-corrected chi connectivity index (χ3v) is 8.93. The Balaban J connectivity index is 1.66. The summed E-state index contributed by atoms with van der Waals surface area (Å²) in [5, 5.41) is 0. The number of aromatic nitrogens is 5. The van der Waals surface area contributed by atoms with Gasteiger partial charge in [-0.2, -0.15) is 19.3 Å². The number of ether oxygens (including phenoxy) is 2. The number of halogens is 2. The van der Waals surface area contributed by atoms with E-state index in [1.165, 1.54) is 22.2 Å². The van der Waals surface area contributed by atoms with Crippen LogP contribution in [0.3, 0.4) is 0 Å². The van der Waals surface area contributed by atoms with Gasteiger partial charge in [-0.15, -0.1) is 0 Å². The van der Waals surface area contributed by atoms with Crippen molar-refractivity contribution in [2.45, 2.75) is 38.3 Å². The Bertz CT molecular complexity index is 1520. The molecule has 0 spiro atoms. The molecule has 4 heterocycles. The number of alkyl halides is 2. The number of rotatable bonds is 11. The highest BCUT2D eigenvalue weighted by atomic mass is 32.2. The molecule has 1 unspecified atom stereocenters. The van der Waals surface area contributed by atoms with E-state index >= 15 is 0 Å². The van der Waals surface area contributed by atoms with E-state index in [1.807, 2.05) is 28.8 Å². The van der Waals surface area contributed by atoms with Gasteiger partial charge in [0.15, 0.2) is 5.82 Å². The van der Waals surface area contributed by atoms with Gasteiger partial charge < -0.3 is 24.2 Å². The van der Waals surface area contributed by atoms with Crippen LogP contribution in [0.1, 0.15) is 37.9 Å². The third-order valence-electron chi connectivity index (χ3n) is 7.65. The second-order valence-electron chi connectivity index (χ2n) is 11.0. The molecule has 5 rings (SSSR count). The van der Waals surface area contributed by atoms with Gasteiger partial charge in [0.25, 0.3) is 6.43 Å². The number of hydrogen-bond donors (Lipinski definition) is 0. The first kappa shape index (κ1) is 31.2. The van der Waals surface area contributed by atoms with Gasteiger partial charge in [0.2, 0.25) is 27.9 Å². The summed E-state index contributed by atoms with van der Waals surface area (Å²) in [6, 6.07) is 5.01. The molecule has 0 aliphatic carbocycles. The number of nitrogens with zero attached hydrogens (tertiary/aromatic N) is 9. The maximum absolute atomic E-state index is 14.5. The maximum Gasteiger partial charge on any atom is 0.296 e. The Hall–Kier alpha value is -3.21. The van der Waals surface area contributed by atoms with Crippen molar-refractivity contribution in [3.63, 3.8) is 0 Å². The molecule has 0 saturated carbocycles. The smallest absolute Gasteiger partial charge is 0.296 e. The van der Waals surface area contributed by atoms with Crippen LogP contribution in [0.2, 0.25) is 0 Å². The number of imidazole rings is 1. The lowest BCUT2D eigenvalue weighted by Crippen LogP contribution is -2.54. The predicted octanol–water partition coefficient (Wildman–Crippen LogP) is 2.52. The van der Waals surface area contributed by atoms with Crippen LogP contribution in [-0.2, 0) is 14.8 Å². The summed E-state index contributed by atoms with van der Waals surface area (Å²) in [6.07, 6.45) is 0.609. The number of fused-ring (bicyclic) bond motifs is 1. The summed E-state index contributed by atoms with van der Waals surface area (Å²) < 4.78 is 68.7. The standard InChI is InChI=1S/C27H39F2N9O4S/c1-34(2)12-8-14-37(43(4,39)40)21-11-5-6-13-36(21)26-31-25(35-15-17-42-18-16-35)32-27(33-26)38-19-9-7-10-20(41-3)22(19)30-24(38)23(28)29/h7,9-10,21,23H,5-6,8,11-18H2,1-4H3. The molecule has 2 fully saturated rings. The molecule has 13 nitrogen and oxygen atoms in total. The lowest BCUT2D eigenvalue weighted by atomic mass is 10.1. The summed E-state index contributed by atoms with van der Waals surface area (Å²) in [7, 11) is 1.75. The van der Waals surface area contributed by atoms with Crippen molar-refractivity contribution in [2.24, 2.45) is 0 Å². The Morgan fingerprint density at radius 2 is 1.74 bits per heavy atom. The van der Waals surface area contributed by atoms with Gasteiger partial charge in [-0.05, 0) is 58.5 Å². The van der Waals surface area contributed by atoms with Gasteiger partial charge in [-0.25, -0.2) is 22.2 Å². The third kappa shape index (κ3) is 6.81. The molecule has 0 bridgehead atoms. The number of anilines is 2. The van der Waals surface area contributed by atoms with Crippen molar-refractivity contribution < 1.29 is 26.7 Å². The summed E-state index contributed by atoms with van der Waals surface area (Å²) in [5.74, 6) is 0.318. The fraction of sp³-hybridized carbons (Fsp3) is 0.630. The van der Waals surface area contributed by atoms with Gasteiger partial charge in [0.05, 0.1) is 38.3 Å². The van der Waals surface area contributed by atoms with E-state index < -0.39 is 28.4 Å². The molecule has 1 atom stereocenters. The van der Waals surface area contributed by atoms with E-state index in [0.29, 0.717) is 69.4 Å². The van der Waals surface area contributed by atoms with Crippen LogP contribution in [0.15, 0.2) is 18.2 Å². The second-order valence-corrected chi connectivity index (χ2v) is 12.9. The number of benzene rings is 1. The average Bonchev–Trinajstić information content (AvgIpc) is 3.39. The number of para-hydroxylation sites is 1. The summed E-state index contributed by atoms with van der Waals surface area (Å²) in [6.45, 7) is 3.49. The van der Waals surface area contributed by atoms with Crippen LogP contribution in [0.25, 0.3) is 17.0 Å². The van der Waals surface area contributed by atoms with Crippen LogP contribution >= 0.6 is 0 Å². The molecule has 0 N–H and O–H groups in total. The summed E-state index contributed by atoms with van der Waals surface area (Å²) in [5.41, 5.74) is 0.617. The van der Waals surface area contributed by atoms with E-state index in [1.54, 1.807) is 18.2 Å². The van der Waals surface area contributed by atoms with Crippen molar-refractivity contribution >= 4 is 33.0 Å². The van der Waals surface area contributed by atoms with E-state index in [-0.39, 0.29) is 17.4 Å². The Kier molecular flexibility index (Phi) is 9.58. The highest BCUT2D eigenvalue weighted by Gasteiger charge is 2.36. The number of morpholine rings is 1. The highest BCUT2D eigenvalue weighted by molar-refractivity contribution is 7.88. The summed E-state index contributed by atoms with van der Waals surface area (Å²) >= 11 is 0. The first-order valence-electron chi connectivity index (χ1n) is 14.4. The Morgan fingerprint density at radius 3 is 2.42 bits per heavy atom. The van der Waals surface area contributed by atoms with Gasteiger partial charge in [-0.1, -0.05) is 6.07 Å². The molecule has 2 aliphatic heterocycles. The zero-order valence-electron chi connectivity index (χ0n) is 25.0. The van der Waals surface area contributed by atoms with Gasteiger partial charge in [0, 0.05) is 26.2 Å². The minimum absolute atomic E-state index is 0.0274. The first-order valence-corrected chi connectivity index (χ1v) is 16.2. The minimum atomic E-state index is -3.60. The molecule has 0 radical (unpaired) electrons. The molecule has 16 heteroatoms. The normalized spacial score (nSPS) is 18.4. The van der Waals surface area contributed by atoms with Gasteiger partial charge in [0.1, 0.15) is 11.3 Å². The monoisotopic (exact) mass is 623 g/mol. The number of hydrogen-bond acceptors (Lipinski definition) is 11. The minimum Gasteiger partial charge on any atom is -0.494 e. The second kappa shape index (κ2) is 13.2. The molecule has 2 aromatic heterocycles. The average molecular weight is 624 g/mol. The van der Waals surface area contributed by atoms with Crippen molar-refractivity contribution in [1.29, 1.82) is 0 Å². The molecular formula is C27H39F2N9O4S. The fourth-order valence-corrected chi connectivity index (χ4v) is 6.74. The molecule has 3 aromatic rings. The number of piperidine rings is 1. The quantitative estimate of drug-likeness (QED) is 0.313. The van der Waals surface area contributed by atoms with Gasteiger partial charge >= 0.3 is 0 Å². The Labute approximate surface area is 250 Å². The zero-order chi connectivity index (χ0) is 30.7. The van der Waals surface area contributed by atoms with E-state index in [9.17, 15) is 17.2 Å². The van der Waals surface area contributed by atoms with E-state index in [0.717, 1.165) is 19.4 Å². The first-order chi connectivity index (χ1) is 20.6. The molecule has 2 aliphatic rings. The van der Waals surface area contributed by atoms with Crippen molar-refractivity contribution in [2.75, 3.05) is 83.2 Å². The molecular weight excluding hydrogens is 584 g/mol. The largest absolute Gasteiger partial charge is 0.494 e. The molecule has 236 valence electrons. The predicted molar refractivity (Wildman–Crippen MR) is 159 cm³/mol. The van der Waals surface area contributed by atoms with Gasteiger partial charge in [-0.3, -0.25) is 4.57 Å². The van der Waals surface area contributed by atoms with Crippen LogP contribution in [-0.4, -0.2) is 122 Å². The fourth-order valence-electron chi connectivity index (χ4n) is 5.61. The molecule has 0 amide bonds. The highest BCUT2D eigenvalue weighted by Crippen LogP contribution is 2.33. The number of methoxy groups -OCH3 is 1. The van der Waals surface area contributed by atoms with Crippen LogP contribution in [0.5, 0.6) is 5.75 Å². The van der Waals surface area contributed by atoms with Crippen LogP contribution < -0.4 is 14.5 Å². The Morgan fingerprint density at radius 1 is 1.02 bits per heavy atom. The van der Waals surface area contributed by atoms with E-state index in [2.05, 4.69) is 9.97 Å². The zero-order valence-corrected chi connectivity index (χ0v) is 25.8. The van der Waals surface area contributed by atoms with Crippen molar-refractivity contribution in [3.8, 4) is 11.7 Å². The number of sulfonamides is 1.